The second-order valence-corrected chi connectivity index (χ2v) is 7.78. The Morgan fingerprint density at radius 3 is 2.38 bits per heavy atom. The summed E-state index contributed by atoms with van der Waals surface area (Å²) in [6.07, 6.45) is 1.82. The molecule has 26 heavy (non-hydrogen) atoms. The number of aromatic nitrogens is 4. The van der Waals surface area contributed by atoms with Gasteiger partial charge in [-0.2, -0.15) is 0 Å². The lowest BCUT2D eigenvalue weighted by Crippen LogP contribution is -1.98. The van der Waals surface area contributed by atoms with Crippen LogP contribution >= 0.6 is 50.5 Å². The molecule has 0 radical (unpaired) electrons. The van der Waals surface area contributed by atoms with E-state index in [9.17, 15) is 0 Å². The molecule has 4 nitrogen and oxygen atoms in total. The highest BCUT2D eigenvalue weighted by Crippen LogP contribution is 2.43. The van der Waals surface area contributed by atoms with Gasteiger partial charge in [-0.05, 0) is 28.3 Å². The van der Waals surface area contributed by atoms with Crippen LogP contribution in [0.5, 0.6) is 0 Å². The quantitative estimate of drug-likeness (QED) is 0.232. The van der Waals surface area contributed by atoms with Gasteiger partial charge in [0, 0.05) is 42.1 Å². The van der Waals surface area contributed by atoms with Crippen molar-refractivity contribution in [1.29, 1.82) is 0 Å². The van der Waals surface area contributed by atoms with Crippen molar-refractivity contribution in [1.82, 2.24) is 20.4 Å². The lowest BCUT2D eigenvalue weighted by Gasteiger charge is -2.15. The van der Waals surface area contributed by atoms with Crippen LogP contribution in [0.3, 0.4) is 0 Å². The largest absolute Gasteiger partial charge is 0.234 e. The molecule has 0 unspecified atom stereocenters. The SMILES string of the molecule is Sc1cc(-c2cc3cccc4cnc5nnnc2c5c43)c(S)c(S)c1S. The highest BCUT2D eigenvalue weighted by molar-refractivity contribution is 7.86. The fourth-order valence-corrected chi connectivity index (χ4v) is 4.46. The summed E-state index contributed by atoms with van der Waals surface area (Å²) in [5.74, 6) is 0. The summed E-state index contributed by atoms with van der Waals surface area (Å²) in [6.45, 7) is 0. The Labute approximate surface area is 170 Å². The molecule has 0 amide bonds. The number of nitrogens with zero attached hydrogens (tertiary/aromatic N) is 4. The third-order valence-corrected chi connectivity index (χ3v) is 6.78. The topological polar surface area (TPSA) is 51.6 Å². The zero-order chi connectivity index (χ0) is 18.0. The first-order chi connectivity index (χ1) is 12.6. The van der Waals surface area contributed by atoms with Crippen LogP contribution in [0.15, 0.2) is 56.1 Å². The minimum absolute atomic E-state index is 0.573. The maximum absolute atomic E-state index is 4.67. The van der Waals surface area contributed by atoms with Crippen LogP contribution in [0.4, 0.5) is 0 Å². The van der Waals surface area contributed by atoms with Crippen LogP contribution in [0, 0.1) is 0 Å². The molecule has 0 aliphatic rings. The van der Waals surface area contributed by atoms with Gasteiger partial charge < -0.3 is 0 Å². The van der Waals surface area contributed by atoms with Crippen LogP contribution in [0.25, 0.3) is 43.8 Å². The summed E-state index contributed by atoms with van der Waals surface area (Å²) in [5, 5.41) is 16.4. The van der Waals surface area contributed by atoms with Gasteiger partial charge in [0.05, 0.1) is 5.39 Å². The van der Waals surface area contributed by atoms with Crippen molar-refractivity contribution >= 4 is 83.2 Å². The average molecular weight is 411 g/mol. The fraction of sp³-hybridized carbons (Fsp3) is 0. The van der Waals surface area contributed by atoms with Gasteiger partial charge >= 0.3 is 0 Å². The Balaban J connectivity index is 2.02. The molecule has 0 aliphatic carbocycles. The first-order valence-electron chi connectivity index (χ1n) is 7.66. The second-order valence-electron chi connectivity index (χ2n) is 5.95. The molecule has 5 rings (SSSR count). The van der Waals surface area contributed by atoms with E-state index in [1.807, 2.05) is 24.4 Å². The predicted molar refractivity (Wildman–Crippen MR) is 116 cm³/mol. The normalized spacial score (nSPS) is 11.8. The molecular weight excluding hydrogens is 400 g/mol. The molecule has 5 aromatic rings. The van der Waals surface area contributed by atoms with E-state index in [1.165, 1.54) is 0 Å². The number of rotatable bonds is 1. The van der Waals surface area contributed by atoms with Crippen molar-refractivity contribution in [2.75, 3.05) is 0 Å². The van der Waals surface area contributed by atoms with Crippen molar-refractivity contribution < 1.29 is 0 Å². The summed E-state index contributed by atoms with van der Waals surface area (Å²) in [6, 6.07) is 10.1. The van der Waals surface area contributed by atoms with Gasteiger partial charge in [-0.25, -0.2) is 4.98 Å². The predicted octanol–water partition coefficient (Wildman–Crippen LogP) is 4.99. The van der Waals surface area contributed by atoms with Crippen LogP contribution in [0.2, 0.25) is 0 Å². The highest BCUT2D eigenvalue weighted by Gasteiger charge is 2.19. The van der Waals surface area contributed by atoms with Crippen molar-refractivity contribution in [2.45, 2.75) is 19.6 Å². The average Bonchev–Trinajstić information content (AvgIpc) is 2.67. The van der Waals surface area contributed by atoms with Crippen LogP contribution < -0.4 is 0 Å². The van der Waals surface area contributed by atoms with E-state index in [-0.39, 0.29) is 0 Å². The maximum Gasteiger partial charge on any atom is 0.186 e. The summed E-state index contributed by atoms with van der Waals surface area (Å²) < 4.78 is 0. The first-order valence-corrected chi connectivity index (χ1v) is 9.45. The third kappa shape index (κ3) is 2.22. The standard InChI is InChI=1S/C18H10N4S4/c23-11-5-10(15(24)17(26)16(11)25)9-4-7-2-1-3-8-6-19-18-13(12(7)8)14(9)20-22-21-18/h1-6,23-26H. The Bertz CT molecular complexity index is 1340. The first kappa shape index (κ1) is 16.4. The lowest BCUT2D eigenvalue weighted by atomic mass is 9.95. The second kappa shape index (κ2) is 5.88. The molecule has 0 spiro atoms. The van der Waals surface area contributed by atoms with Crippen LogP contribution in [-0.2, 0) is 0 Å². The fourth-order valence-electron chi connectivity index (χ4n) is 3.33. The summed E-state index contributed by atoms with van der Waals surface area (Å²) in [4.78, 5) is 7.25. The molecule has 0 fully saturated rings. The molecule has 0 bridgehead atoms. The molecule has 2 aromatic heterocycles. The molecule has 2 heterocycles. The van der Waals surface area contributed by atoms with E-state index in [4.69, 9.17) is 0 Å². The molecule has 0 saturated heterocycles. The minimum atomic E-state index is 0.573. The minimum Gasteiger partial charge on any atom is -0.234 e. The molecule has 0 atom stereocenters. The number of thiol groups is 4. The van der Waals surface area contributed by atoms with E-state index in [0.29, 0.717) is 20.3 Å². The zero-order valence-electron chi connectivity index (χ0n) is 13.0. The Morgan fingerprint density at radius 1 is 0.731 bits per heavy atom. The highest BCUT2D eigenvalue weighted by atomic mass is 32.1. The number of hydrogen-bond donors (Lipinski definition) is 4. The van der Waals surface area contributed by atoms with Gasteiger partial charge in [0.2, 0.25) is 0 Å². The van der Waals surface area contributed by atoms with Crippen molar-refractivity contribution in [2.24, 2.45) is 0 Å². The molecule has 0 aliphatic heterocycles. The van der Waals surface area contributed by atoms with Crippen LogP contribution in [-0.4, -0.2) is 20.4 Å². The van der Waals surface area contributed by atoms with Gasteiger partial charge in [0.15, 0.2) is 5.65 Å². The molecule has 126 valence electrons. The van der Waals surface area contributed by atoms with Gasteiger partial charge in [-0.1, -0.05) is 18.2 Å². The maximum atomic E-state index is 4.67. The Morgan fingerprint density at radius 2 is 1.54 bits per heavy atom. The van der Waals surface area contributed by atoms with E-state index >= 15 is 0 Å². The van der Waals surface area contributed by atoms with Crippen molar-refractivity contribution in [3.63, 3.8) is 0 Å². The molecule has 0 N–H and O–H groups in total. The molecular formula is C18H10N4S4. The van der Waals surface area contributed by atoms with Gasteiger partial charge in [-0.15, -0.1) is 60.7 Å². The van der Waals surface area contributed by atoms with Crippen molar-refractivity contribution in [3.05, 3.63) is 36.5 Å². The van der Waals surface area contributed by atoms with Gasteiger partial charge in [0.1, 0.15) is 5.52 Å². The van der Waals surface area contributed by atoms with E-state index < -0.39 is 0 Å². The van der Waals surface area contributed by atoms with Crippen LogP contribution in [0.1, 0.15) is 0 Å². The smallest absolute Gasteiger partial charge is 0.186 e. The molecule has 0 saturated carbocycles. The zero-order valence-corrected chi connectivity index (χ0v) is 16.6. The van der Waals surface area contributed by atoms with E-state index in [1.54, 1.807) is 0 Å². The Kier molecular flexibility index (Phi) is 3.72. The monoisotopic (exact) mass is 410 g/mol. The lowest BCUT2D eigenvalue weighted by molar-refractivity contribution is 0.907. The number of hydrogen-bond acceptors (Lipinski definition) is 8. The third-order valence-electron chi connectivity index (χ3n) is 4.52. The van der Waals surface area contributed by atoms with Crippen molar-refractivity contribution in [3.8, 4) is 11.1 Å². The Hall–Kier alpha value is -1.74. The van der Waals surface area contributed by atoms with Gasteiger partial charge in [-0.3, -0.25) is 0 Å². The number of pyridine rings is 1. The summed E-state index contributed by atoms with van der Waals surface area (Å²) in [7, 11) is 0. The summed E-state index contributed by atoms with van der Waals surface area (Å²) >= 11 is 18.2. The van der Waals surface area contributed by atoms with E-state index in [0.717, 1.165) is 43.1 Å². The van der Waals surface area contributed by atoms with E-state index in [2.05, 4.69) is 83.0 Å². The summed E-state index contributed by atoms with van der Waals surface area (Å²) in [5.41, 5.74) is 3.06. The number of benzene rings is 3. The molecule has 3 aromatic carbocycles. The van der Waals surface area contributed by atoms with Gasteiger partial charge in [0.25, 0.3) is 0 Å². The molecule has 8 heteroatoms.